The highest BCUT2D eigenvalue weighted by atomic mass is 16.5. The summed E-state index contributed by atoms with van der Waals surface area (Å²) in [6, 6.07) is 18.1. The number of aliphatic hydroxyl groups is 1. The molecule has 0 aliphatic carbocycles. The summed E-state index contributed by atoms with van der Waals surface area (Å²) in [4.78, 5) is 38.4. The molecule has 8 nitrogen and oxygen atoms in total. The van der Waals surface area contributed by atoms with Gasteiger partial charge in [-0.3, -0.25) is 4.79 Å². The van der Waals surface area contributed by atoms with Crippen LogP contribution in [0.4, 0.5) is 4.79 Å². The Bertz CT molecular complexity index is 921. The van der Waals surface area contributed by atoms with Crippen LogP contribution >= 0.6 is 0 Å². The van der Waals surface area contributed by atoms with E-state index in [4.69, 9.17) is 9.47 Å². The van der Waals surface area contributed by atoms with Crippen LogP contribution in [-0.4, -0.2) is 53.2 Å². The van der Waals surface area contributed by atoms with E-state index in [9.17, 15) is 19.5 Å². The van der Waals surface area contributed by atoms with Crippen LogP contribution < -0.4 is 5.32 Å². The second-order valence-electron chi connectivity index (χ2n) is 8.28. The lowest BCUT2D eigenvalue weighted by Crippen LogP contribution is -2.46. The molecule has 0 spiro atoms. The number of benzene rings is 2. The fraction of sp³-hybridized carbons (Fsp3) is 0.423. The van der Waals surface area contributed by atoms with Gasteiger partial charge in [-0.25, -0.2) is 9.59 Å². The number of carbonyl (C=O) groups is 3. The molecule has 2 N–H and O–H groups in total. The first kappa shape index (κ1) is 25.2. The minimum Gasteiger partial charge on any atom is -0.459 e. The number of carbonyl (C=O) groups excluding carboxylic acids is 3. The Balaban J connectivity index is 1.32. The second kappa shape index (κ2) is 13.3. The molecule has 0 saturated carbocycles. The number of amides is 2. The Morgan fingerprint density at radius 2 is 1.56 bits per heavy atom. The monoisotopic (exact) mass is 468 g/mol. The number of esters is 1. The predicted octanol–water partition coefficient (Wildman–Crippen LogP) is 3.18. The van der Waals surface area contributed by atoms with Crippen LogP contribution in [-0.2, 0) is 32.3 Å². The van der Waals surface area contributed by atoms with E-state index in [-0.39, 0.29) is 19.6 Å². The first-order valence-corrected chi connectivity index (χ1v) is 11.7. The molecular formula is C26H32N2O6. The van der Waals surface area contributed by atoms with Gasteiger partial charge in [0.05, 0.1) is 0 Å². The van der Waals surface area contributed by atoms with Crippen LogP contribution in [0.2, 0.25) is 0 Å². The highest BCUT2D eigenvalue weighted by Crippen LogP contribution is 2.21. The van der Waals surface area contributed by atoms with Gasteiger partial charge in [0.2, 0.25) is 0 Å². The zero-order valence-corrected chi connectivity index (χ0v) is 19.2. The number of hydrogen-bond donors (Lipinski definition) is 2. The lowest BCUT2D eigenvalue weighted by Gasteiger charge is -2.25. The number of ether oxygens (including phenoxy) is 2. The lowest BCUT2D eigenvalue weighted by molar-refractivity contribution is -0.157. The summed E-state index contributed by atoms with van der Waals surface area (Å²) in [5, 5.41) is 13.0. The first-order valence-electron chi connectivity index (χ1n) is 11.7. The Labute approximate surface area is 199 Å². The zero-order chi connectivity index (χ0) is 24.2. The molecule has 182 valence electrons. The molecule has 0 unspecified atom stereocenters. The van der Waals surface area contributed by atoms with Crippen LogP contribution in [0.5, 0.6) is 0 Å². The molecule has 0 bridgehead atoms. The molecule has 1 aliphatic rings. The normalized spacial score (nSPS) is 16.0. The van der Waals surface area contributed by atoms with E-state index in [1.807, 2.05) is 60.7 Å². The fourth-order valence-electron chi connectivity index (χ4n) is 3.84. The number of unbranched alkanes of at least 4 members (excludes halogenated alkanes) is 1. The average molecular weight is 469 g/mol. The molecule has 1 saturated heterocycles. The van der Waals surface area contributed by atoms with Gasteiger partial charge < -0.3 is 24.8 Å². The van der Waals surface area contributed by atoms with Crippen molar-refractivity contribution in [1.29, 1.82) is 0 Å². The van der Waals surface area contributed by atoms with Gasteiger partial charge in [0, 0.05) is 13.1 Å². The number of nitrogens with zero attached hydrogens (tertiary/aromatic N) is 1. The van der Waals surface area contributed by atoms with Gasteiger partial charge >= 0.3 is 12.1 Å². The summed E-state index contributed by atoms with van der Waals surface area (Å²) in [5.74, 6) is -0.894. The van der Waals surface area contributed by atoms with Crippen molar-refractivity contribution in [3.63, 3.8) is 0 Å². The Morgan fingerprint density at radius 3 is 2.21 bits per heavy atom. The number of nitrogens with one attached hydrogen (secondary N) is 1. The Kier molecular flexibility index (Phi) is 9.91. The number of likely N-dealkylation sites (tertiary alicyclic amines) is 1. The quantitative estimate of drug-likeness (QED) is 0.388. The zero-order valence-electron chi connectivity index (χ0n) is 19.2. The maximum absolute atomic E-state index is 12.7. The number of rotatable bonds is 11. The topological polar surface area (TPSA) is 105 Å². The van der Waals surface area contributed by atoms with Crippen LogP contribution in [0.1, 0.15) is 43.2 Å². The van der Waals surface area contributed by atoms with E-state index < -0.39 is 30.1 Å². The molecule has 2 atom stereocenters. The minimum absolute atomic E-state index is 0.154. The Morgan fingerprint density at radius 1 is 0.941 bits per heavy atom. The van der Waals surface area contributed by atoms with Gasteiger partial charge in [0.1, 0.15) is 25.4 Å². The van der Waals surface area contributed by atoms with Gasteiger partial charge in [0.25, 0.3) is 5.91 Å². The van der Waals surface area contributed by atoms with Crippen molar-refractivity contribution in [3.05, 3.63) is 71.8 Å². The van der Waals surface area contributed by atoms with E-state index >= 15 is 0 Å². The lowest BCUT2D eigenvalue weighted by atomic mass is 10.1. The van der Waals surface area contributed by atoms with E-state index in [0.717, 1.165) is 11.1 Å². The molecule has 0 aromatic heterocycles. The maximum atomic E-state index is 12.7. The summed E-state index contributed by atoms with van der Waals surface area (Å²) >= 11 is 0. The summed E-state index contributed by atoms with van der Waals surface area (Å²) < 4.78 is 10.5. The SMILES string of the molecule is O=C(NCCCC[C@H](O)C(=O)N1CCC[C@H]1C(=O)OCc1ccccc1)OCc1ccccc1. The molecule has 8 heteroatoms. The van der Waals surface area contributed by atoms with Crippen molar-refractivity contribution in [1.82, 2.24) is 10.2 Å². The maximum Gasteiger partial charge on any atom is 0.407 e. The van der Waals surface area contributed by atoms with Gasteiger partial charge in [-0.05, 0) is 43.2 Å². The minimum atomic E-state index is -1.19. The second-order valence-corrected chi connectivity index (χ2v) is 8.28. The molecule has 1 heterocycles. The molecule has 2 aromatic carbocycles. The summed E-state index contributed by atoms with van der Waals surface area (Å²) in [5.41, 5.74) is 1.78. The van der Waals surface area contributed by atoms with Gasteiger partial charge in [0.15, 0.2) is 0 Å². The van der Waals surface area contributed by atoms with Crippen molar-refractivity contribution in [2.45, 2.75) is 57.5 Å². The molecule has 3 rings (SSSR count). The van der Waals surface area contributed by atoms with Gasteiger partial charge in [-0.1, -0.05) is 60.7 Å². The van der Waals surface area contributed by atoms with Crippen LogP contribution in [0, 0.1) is 0 Å². The summed E-state index contributed by atoms with van der Waals surface area (Å²) in [6.07, 6.45) is 0.916. The van der Waals surface area contributed by atoms with Crippen molar-refractivity contribution < 1.29 is 29.0 Å². The highest BCUT2D eigenvalue weighted by Gasteiger charge is 2.37. The average Bonchev–Trinajstić information content (AvgIpc) is 3.36. The van der Waals surface area contributed by atoms with E-state index in [2.05, 4.69) is 5.32 Å². The van der Waals surface area contributed by atoms with Crippen molar-refractivity contribution in [2.24, 2.45) is 0 Å². The van der Waals surface area contributed by atoms with E-state index in [1.165, 1.54) is 4.90 Å². The molecule has 1 fully saturated rings. The summed E-state index contributed by atoms with van der Waals surface area (Å²) in [6.45, 7) is 1.16. The molecule has 34 heavy (non-hydrogen) atoms. The van der Waals surface area contributed by atoms with Gasteiger partial charge in [-0.15, -0.1) is 0 Å². The molecule has 0 radical (unpaired) electrons. The van der Waals surface area contributed by atoms with Crippen LogP contribution in [0.15, 0.2) is 60.7 Å². The molecular weight excluding hydrogens is 436 g/mol. The standard InChI is InChI=1S/C26H32N2O6/c29-23(15-7-8-16-27-26(32)34-19-21-12-5-2-6-13-21)24(30)28-17-9-14-22(28)25(31)33-18-20-10-3-1-4-11-20/h1-6,10-13,22-23,29H,7-9,14-19H2,(H,27,32)/t22-,23-/m0/s1. The number of hydrogen-bond acceptors (Lipinski definition) is 6. The summed E-state index contributed by atoms with van der Waals surface area (Å²) in [7, 11) is 0. The number of aliphatic hydroxyl groups excluding tert-OH is 1. The smallest absolute Gasteiger partial charge is 0.407 e. The van der Waals surface area contributed by atoms with Crippen molar-refractivity contribution in [3.8, 4) is 0 Å². The molecule has 2 aromatic rings. The van der Waals surface area contributed by atoms with E-state index in [1.54, 1.807) is 0 Å². The largest absolute Gasteiger partial charge is 0.459 e. The third-order valence-corrected chi connectivity index (χ3v) is 5.70. The molecule has 2 amide bonds. The van der Waals surface area contributed by atoms with Gasteiger partial charge in [-0.2, -0.15) is 0 Å². The van der Waals surface area contributed by atoms with Crippen LogP contribution in [0.25, 0.3) is 0 Å². The number of alkyl carbamates (subject to hydrolysis) is 1. The van der Waals surface area contributed by atoms with E-state index in [0.29, 0.717) is 38.8 Å². The predicted molar refractivity (Wildman–Crippen MR) is 125 cm³/mol. The Hall–Kier alpha value is -3.39. The van der Waals surface area contributed by atoms with Crippen molar-refractivity contribution >= 4 is 18.0 Å². The van der Waals surface area contributed by atoms with Crippen molar-refractivity contribution in [2.75, 3.05) is 13.1 Å². The highest BCUT2D eigenvalue weighted by molar-refractivity contribution is 5.87. The van der Waals surface area contributed by atoms with Crippen LogP contribution in [0.3, 0.4) is 0 Å². The fourth-order valence-corrected chi connectivity index (χ4v) is 3.84. The first-order chi connectivity index (χ1) is 16.5. The molecule has 1 aliphatic heterocycles. The third-order valence-electron chi connectivity index (χ3n) is 5.70. The third kappa shape index (κ3) is 7.88.